The van der Waals surface area contributed by atoms with Crippen LogP contribution in [0.1, 0.15) is 67.6 Å². The number of fused-ring (bicyclic) bond motifs is 1. The van der Waals surface area contributed by atoms with E-state index in [0.717, 1.165) is 24.5 Å². The minimum Gasteiger partial charge on any atom is -0.478 e. The molecule has 0 unspecified atom stereocenters. The van der Waals surface area contributed by atoms with Crippen LogP contribution in [0.5, 0.6) is 0 Å². The molecule has 3 heteroatoms. The zero-order valence-electron chi connectivity index (χ0n) is 15.1. The summed E-state index contributed by atoms with van der Waals surface area (Å²) in [6.45, 7) is 11.0. The lowest BCUT2D eigenvalue weighted by molar-refractivity contribution is -0.131. The van der Waals surface area contributed by atoms with Gasteiger partial charge in [-0.05, 0) is 59.4 Å². The molecule has 0 heterocycles. The van der Waals surface area contributed by atoms with E-state index in [2.05, 4.69) is 33.8 Å². The molecular formula is C21H26O3. The highest BCUT2D eigenvalue weighted by atomic mass is 16.4. The first-order chi connectivity index (χ1) is 11.0. The third kappa shape index (κ3) is 3.66. The molecule has 0 radical (unpaired) electrons. The number of ketones is 1. The second kappa shape index (κ2) is 6.39. The van der Waals surface area contributed by atoms with E-state index >= 15 is 0 Å². The summed E-state index contributed by atoms with van der Waals surface area (Å²) >= 11 is 0. The molecule has 0 fully saturated rings. The first-order valence-electron chi connectivity index (χ1n) is 8.32. The molecule has 0 saturated heterocycles. The Balaban J connectivity index is 2.44. The highest BCUT2D eigenvalue weighted by Gasteiger charge is 2.37. The fourth-order valence-corrected chi connectivity index (χ4v) is 3.36. The summed E-state index contributed by atoms with van der Waals surface area (Å²) in [5, 5.41) is 8.57. The molecule has 1 N–H and O–H groups in total. The van der Waals surface area contributed by atoms with Gasteiger partial charge < -0.3 is 5.11 Å². The van der Waals surface area contributed by atoms with Gasteiger partial charge in [-0.2, -0.15) is 0 Å². The molecule has 2 rings (SSSR count). The third-order valence-corrected chi connectivity index (χ3v) is 5.06. The van der Waals surface area contributed by atoms with Crippen LogP contribution in [-0.4, -0.2) is 16.9 Å². The Morgan fingerprint density at radius 1 is 0.958 bits per heavy atom. The standard InChI is InChI=1S/C21H26O3/c1-14-12-16-17(21(4,5)11-10-20(16,2)3)13-15(14)18(22)8-6-7-9-19(23)24/h6-9,12-13H,10-11H2,1-5H3,(H,23,24)/b8-6+,9-7+. The van der Waals surface area contributed by atoms with Gasteiger partial charge in [-0.3, -0.25) is 4.79 Å². The number of aryl methyl sites for hydroxylation is 1. The summed E-state index contributed by atoms with van der Waals surface area (Å²) in [6, 6.07) is 4.20. The predicted octanol–water partition coefficient (Wildman–Crippen LogP) is 4.72. The Labute approximate surface area is 144 Å². The number of carbonyl (C=O) groups excluding carboxylic acids is 1. The van der Waals surface area contributed by atoms with Crippen LogP contribution in [0.25, 0.3) is 0 Å². The monoisotopic (exact) mass is 326 g/mol. The highest BCUT2D eigenvalue weighted by molar-refractivity contribution is 6.06. The van der Waals surface area contributed by atoms with Crippen molar-refractivity contribution in [1.82, 2.24) is 0 Å². The van der Waals surface area contributed by atoms with Crippen molar-refractivity contribution in [2.24, 2.45) is 0 Å². The third-order valence-electron chi connectivity index (χ3n) is 5.06. The van der Waals surface area contributed by atoms with Crippen molar-refractivity contribution in [1.29, 1.82) is 0 Å². The molecule has 1 aliphatic carbocycles. The first kappa shape index (κ1) is 18.2. The second-order valence-corrected chi connectivity index (χ2v) is 7.90. The molecular weight excluding hydrogens is 300 g/mol. The Hall–Kier alpha value is -2.16. The van der Waals surface area contributed by atoms with Crippen LogP contribution in [0.2, 0.25) is 0 Å². The van der Waals surface area contributed by atoms with Crippen LogP contribution in [0, 0.1) is 6.92 Å². The number of carbonyl (C=O) groups is 2. The van der Waals surface area contributed by atoms with Gasteiger partial charge in [0.25, 0.3) is 0 Å². The second-order valence-electron chi connectivity index (χ2n) is 7.90. The summed E-state index contributed by atoms with van der Waals surface area (Å²) in [4.78, 5) is 23.0. The van der Waals surface area contributed by atoms with Crippen molar-refractivity contribution in [2.75, 3.05) is 0 Å². The van der Waals surface area contributed by atoms with E-state index in [-0.39, 0.29) is 16.6 Å². The predicted molar refractivity (Wildman–Crippen MR) is 96.7 cm³/mol. The van der Waals surface area contributed by atoms with E-state index in [0.29, 0.717) is 5.56 Å². The quantitative estimate of drug-likeness (QED) is 0.494. The van der Waals surface area contributed by atoms with Crippen molar-refractivity contribution in [2.45, 2.75) is 58.3 Å². The maximum atomic E-state index is 12.5. The van der Waals surface area contributed by atoms with Crippen LogP contribution in [-0.2, 0) is 15.6 Å². The van der Waals surface area contributed by atoms with E-state index in [9.17, 15) is 9.59 Å². The summed E-state index contributed by atoms with van der Waals surface area (Å²) < 4.78 is 0. The molecule has 128 valence electrons. The van der Waals surface area contributed by atoms with Crippen molar-refractivity contribution < 1.29 is 14.7 Å². The SMILES string of the molecule is Cc1cc2c(cc1C(=O)/C=C/C=C/C(=O)O)C(C)(C)CCC2(C)C. The van der Waals surface area contributed by atoms with Crippen molar-refractivity contribution >= 4 is 11.8 Å². The van der Waals surface area contributed by atoms with Gasteiger partial charge in [-0.1, -0.05) is 45.9 Å². The summed E-state index contributed by atoms with van der Waals surface area (Å²) in [5.41, 5.74) is 4.43. The van der Waals surface area contributed by atoms with Crippen molar-refractivity contribution in [3.8, 4) is 0 Å². The molecule has 1 aromatic rings. The number of benzene rings is 1. The molecule has 1 aromatic carbocycles. The maximum Gasteiger partial charge on any atom is 0.328 e. The molecule has 0 amide bonds. The Bertz CT molecular complexity index is 734. The van der Waals surface area contributed by atoms with E-state index in [1.807, 2.05) is 13.0 Å². The lowest BCUT2D eigenvalue weighted by atomic mass is 9.62. The van der Waals surface area contributed by atoms with Crippen LogP contribution >= 0.6 is 0 Å². The van der Waals surface area contributed by atoms with Gasteiger partial charge in [-0.25, -0.2) is 4.79 Å². The number of aliphatic carboxylic acids is 1. The normalized spacial score (nSPS) is 18.7. The molecule has 0 aliphatic heterocycles. The molecule has 0 saturated carbocycles. The van der Waals surface area contributed by atoms with E-state index in [4.69, 9.17) is 5.11 Å². The summed E-state index contributed by atoms with van der Waals surface area (Å²) in [6.07, 6.45) is 7.51. The van der Waals surface area contributed by atoms with Crippen LogP contribution < -0.4 is 0 Å². The number of hydrogen-bond donors (Lipinski definition) is 1. The van der Waals surface area contributed by atoms with Gasteiger partial charge in [0, 0.05) is 11.6 Å². The molecule has 3 nitrogen and oxygen atoms in total. The number of carboxylic acid groups (broad SMARTS) is 1. The molecule has 1 aliphatic rings. The van der Waals surface area contributed by atoms with Crippen LogP contribution in [0.15, 0.2) is 36.4 Å². The van der Waals surface area contributed by atoms with Crippen molar-refractivity contribution in [3.05, 3.63) is 58.7 Å². The van der Waals surface area contributed by atoms with Gasteiger partial charge >= 0.3 is 5.97 Å². The molecule has 24 heavy (non-hydrogen) atoms. The number of allylic oxidation sites excluding steroid dienone is 3. The van der Waals surface area contributed by atoms with Gasteiger partial charge in [0.2, 0.25) is 0 Å². The smallest absolute Gasteiger partial charge is 0.328 e. The molecule has 0 bridgehead atoms. The average Bonchev–Trinajstić information content (AvgIpc) is 2.48. The molecule has 0 atom stereocenters. The number of carboxylic acids is 1. The highest BCUT2D eigenvalue weighted by Crippen LogP contribution is 2.46. The van der Waals surface area contributed by atoms with Gasteiger partial charge in [0.15, 0.2) is 5.78 Å². The van der Waals surface area contributed by atoms with Crippen molar-refractivity contribution in [3.63, 3.8) is 0 Å². The lowest BCUT2D eigenvalue weighted by Gasteiger charge is -2.42. The van der Waals surface area contributed by atoms with E-state index in [1.54, 1.807) is 0 Å². The van der Waals surface area contributed by atoms with Crippen LogP contribution in [0.3, 0.4) is 0 Å². The first-order valence-corrected chi connectivity index (χ1v) is 8.32. The van der Waals surface area contributed by atoms with E-state index in [1.165, 1.54) is 29.4 Å². The zero-order chi connectivity index (χ0) is 18.1. The Kier molecular flexibility index (Phi) is 4.84. The number of hydrogen-bond acceptors (Lipinski definition) is 2. The topological polar surface area (TPSA) is 54.4 Å². The zero-order valence-corrected chi connectivity index (χ0v) is 15.1. The fraction of sp³-hybridized carbons (Fsp3) is 0.429. The summed E-state index contributed by atoms with van der Waals surface area (Å²) in [7, 11) is 0. The van der Waals surface area contributed by atoms with Gasteiger partial charge in [0.1, 0.15) is 0 Å². The fourth-order valence-electron chi connectivity index (χ4n) is 3.36. The molecule has 0 aromatic heterocycles. The van der Waals surface area contributed by atoms with Crippen LogP contribution in [0.4, 0.5) is 0 Å². The maximum absolute atomic E-state index is 12.5. The average molecular weight is 326 g/mol. The molecule has 0 spiro atoms. The van der Waals surface area contributed by atoms with Gasteiger partial charge in [0.05, 0.1) is 0 Å². The Morgan fingerprint density at radius 3 is 2.00 bits per heavy atom. The minimum atomic E-state index is -1.03. The van der Waals surface area contributed by atoms with E-state index < -0.39 is 5.97 Å². The van der Waals surface area contributed by atoms with Gasteiger partial charge in [-0.15, -0.1) is 0 Å². The summed E-state index contributed by atoms with van der Waals surface area (Å²) in [5.74, 6) is -1.12. The minimum absolute atomic E-state index is 0.0561. The largest absolute Gasteiger partial charge is 0.478 e. The number of rotatable bonds is 4. The Morgan fingerprint density at radius 2 is 1.46 bits per heavy atom. The lowest BCUT2D eigenvalue weighted by Crippen LogP contribution is -2.34.